The van der Waals surface area contributed by atoms with Crippen LogP contribution in [0, 0.1) is 13.8 Å². The van der Waals surface area contributed by atoms with Gasteiger partial charge in [0.2, 0.25) is 0 Å². The zero-order valence-electron chi connectivity index (χ0n) is 8.20. The van der Waals surface area contributed by atoms with Gasteiger partial charge in [0.25, 0.3) is 0 Å². The minimum Gasteiger partial charge on any atom is -0.466 e. The van der Waals surface area contributed by atoms with E-state index in [9.17, 15) is 0 Å². The van der Waals surface area contributed by atoms with E-state index in [0.29, 0.717) is 5.13 Å². The Morgan fingerprint density at radius 2 is 2.21 bits per heavy atom. The molecule has 0 fully saturated rings. The molecule has 0 bridgehead atoms. The molecule has 0 aromatic carbocycles. The van der Waals surface area contributed by atoms with Crippen LogP contribution in [0.4, 0.5) is 5.13 Å². The molecular formula is C10H12N2OS. The van der Waals surface area contributed by atoms with Crippen LogP contribution in [0.15, 0.2) is 16.5 Å². The Morgan fingerprint density at radius 3 is 2.71 bits per heavy atom. The Balaban J connectivity index is 2.22. The van der Waals surface area contributed by atoms with Crippen molar-refractivity contribution in [2.45, 2.75) is 20.3 Å². The van der Waals surface area contributed by atoms with Gasteiger partial charge in [0.15, 0.2) is 5.13 Å². The lowest BCUT2D eigenvalue weighted by Crippen LogP contribution is -1.85. The lowest BCUT2D eigenvalue weighted by Gasteiger charge is -1.93. The van der Waals surface area contributed by atoms with Crippen molar-refractivity contribution in [2.75, 3.05) is 5.73 Å². The maximum atomic E-state index is 5.62. The molecule has 0 radical (unpaired) electrons. The fraction of sp³-hybridized carbons (Fsp3) is 0.300. The number of hydrogen-bond donors (Lipinski definition) is 1. The second-order valence-corrected chi connectivity index (χ2v) is 4.37. The molecular weight excluding hydrogens is 196 g/mol. The van der Waals surface area contributed by atoms with Crippen LogP contribution in [0.25, 0.3) is 0 Å². The van der Waals surface area contributed by atoms with Crippen molar-refractivity contribution in [1.82, 2.24) is 4.98 Å². The first-order chi connectivity index (χ1) is 6.65. The maximum Gasteiger partial charge on any atom is 0.180 e. The van der Waals surface area contributed by atoms with E-state index in [2.05, 4.69) is 4.98 Å². The molecule has 0 saturated heterocycles. The predicted molar refractivity (Wildman–Crippen MR) is 57.5 cm³/mol. The third-order valence-corrected chi connectivity index (χ3v) is 3.03. The van der Waals surface area contributed by atoms with Crippen molar-refractivity contribution in [2.24, 2.45) is 0 Å². The summed E-state index contributed by atoms with van der Waals surface area (Å²) >= 11 is 1.53. The van der Waals surface area contributed by atoms with Gasteiger partial charge in [0.1, 0.15) is 11.5 Å². The van der Waals surface area contributed by atoms with Crippen LogP contribution in [0.5, 0.6) is 0 Å². The van der Waals surface area contributed by atoms with Gasteiger partial charge in [0, 0.05) is 11.3 Å². The number of nitrogen functional groups attached to an aromatic ring is 1. The molecule has 0 unspecified atom stereocenters. The van der Waals surface area contributed by atoms with Crippen LogP contribution in [0.2, 0.25) is 0 Å². The van der Waals surface area contributed by atoms with Crippen LogP contribution in [0.1, 0.15) is 22.1 Å². The summed E-state index contributed by atoms with van der Waals surface area (Å²) in [4.78, 5) is 5.35. The zero-order chi connectivity index (χ0) is 10.1. The number of anilines is 1. The number of rotatable bonds is 2. The van der Waals surface area contributed by atoms with E-state index >= 15 is 0 Å². The first-order valence-corrected chi connectivity index (χ1v) is 5.24. The van der Waals surface area contributed by atoms with Crippen molar-refractivity contribution in [3.63, 3.8) is 0 Å². The highest BCUT2D eigenvalue weighted by Crippen LogP contribution is 2.23. The molecule has 0 aliphatic carbocycles. The van der Waals surface area contributed by atoms with Crippen LogP contribution >= 0.6 is 11.3 Å². The Kier molecular flexibility index (Phi) is 2.29. The average Bonchev–Trinajstić information content (AvgIpc) is 2.61. The molecule has 3 nitrogen and oxygen atoms in total. The van der Waals surface area contributed by atoms with Crippen molar-refractivity contribution in [1.29, 1.82) is 0 Å². The largest absolute Gasteiger partial charge is 0.466 e. The minimum absolute atomic E-state index is 0.626. The van der Waals surface area contributed by atoms with E-state index in [4.69, 9.17) is 10.2 Å². The molecule has 2 rings (SSSR count). The first kappa shape index (κ1) is 9.27. The Hall–Kier alpha value is -1.29. The SMILES string of the molecule is Cc1ccc(Cc2sc(N)nc2C)o1. The number of nitrogens with two attached hydrogens (primary N) is 1. The van der Waals surface area contributed by atoms with E-state index in [1.165, 1.54) is 16.2 Å². The molecule has 2 heterocycles. The van der Waals surface area contributed by atoms with Crippen molar-refractivity contribution in [3.8, 4) is 0 Å². The van der Waals surface area contributed by atoms with Crippen LogP contribution in [-0.2, 0) is 6.42 Å². The third kappa shape index (κ3) is 1.80. The lowest BCUT2D eigenvalue weighted by atomic mass is 10.2. The smallest absolute Gasteiger partial charge is 0.180 e. The third-order valence-electron chi connectivity index (χ3n) is 2.04. The van der Waals surface area contributed by atoms with E-state index in [1.54, 1.807) is 0 Å². The van der Waals surface area contributed by atoms with Gasteiger partial charge in [-0.25, -0.2) is 4.98 Å². The fourth-order valence-corrected chi connectivity index (χ4v) is 2.20. The molecule has 0 aliphatic heterocycles. The molecule has 0 amide bonds. The quantitative estimate of drug-likeness (QED) is 0.825. The minimum atomic E-state index is 0.626. The summed E-state index contributed by atoms with van der Waals surface area (Å²) in [5, 5.41) is 0.626. The van der Waals surface area contributed by atoms with E-state index in [1.807, 2.05) is 26.0 Å². The number of nitrogens with zero attached hydrogens (tertiary/aromatic N) is 1. The first-order valence-electron chi connectivity index (χ1n) is 4.42. The van der Waals surface area contributed by atoms with E-state index < -0.39 is 0 Å². The molecule has 4 heteroatoms. The zero-order valence-corrected chi connectivity index (χ0v) is 9.02. The highest BCUT2D eigenvalue weighted by atomic mass is 32.1. The average molecular weight is 208 g/mol. The molecule has 2 aromatic rings. The summed E-state index contributed by atoms with van der Waals surface area (Å²) < 4.78 is 5.49. The van der Waals surface area contributed by atoms with Gasteiger partial charge in [0.05, 0.1) is 5.69 Å². The molecule has 2 N–H and O–H groups in total. The molecule has 0 atom stereocenters. The van der Waals surface area contributed by atoms with Crippen LogP contribution in [-0.4, -0.2) is 4.98 Å². The Labute approximate surface area is 86.6 Å². The van der Waals surface area contributed by atoms with E-state index in [0.717, 1.165) is 23.6 Å². The van der Waals surface area contributed by atoms with Gasteiger partial charge in [-0.2, -0.15) is 0 Å². The summed E-state index contributed by atoms with van der Waals surface area (Å²) in [6.45, 7) is 3.91. The second-order valence-electron chi connectivity index (χ2n) is 3.25. The summed E-state index contributed by atoms with van der Waals surface area (Å²) in [5.41, 5.74) is 6.62. The highest BCUT2D eigenvalue weighted by Gasteiger charge is 2.08. The summed E-state index contributed by atoms with van der Waals surface area (Å²) in [7, 11) is 0. The molecule has 0 aliphatic rings. The van der Waals surface area contributed by atoms with Gasteiger partial charge >= 0.3 is 0 Å². The highest BCUT2D eigenvalue weighted by molar-refractivity contribution is 7.15. The Morgan fingerprint density at radius 1 is 1.43 bits per heavy atom. The van der Waals surface area contributed by atoms with Crippen molar-refractivity contribution >= 4 is 16.5 Å². The number of furan rings is 1. The summed E-state index contributed by atoms with van der Waals surface area (Å²) in [6, 6.07) is 3.96. The summed E-state index contributed by atoms with van der Waals surface area (Å²) in [6.07, 6.45) is 0.786. The standard InChI is InChI=1S/C10H12N2OS/c1-6-3-4-8(13-6)5-9-7(2)12-10(11)14-9/h3-4H,5H2,1-2H3,(H2,11,12). The molecule has 2 aromatic heterocycles. The fourth-order valence-electron chi connectivity index (χ4n) is 1.35. The predicted octanol–water partition coefficient (Wildman–Crippen LogP) is 2.53. The molecule has 0 saturated carbocycles. The van der Waals surface area contributed by atoms with E-state index in [-0.39, 0.29) is 0 Å². The number of thiazole rings is 1. The van der Waals surface area contributed by atoms with Gasteiger partial charge < -0.3 is 10.2 Å². The van der Waals surface area contributed by atoms with Gasteiger partial charge in [-0.15, -0.1) is 11.3 Å². The number of aromatic nitrogens is 1. The lowest BCUT2D eigenvalue weighted by molar-refractivity contribution is 0.493. The van der Waals surface area contributed by atoms with Crippen LogP contribution < -0.4 is 5.73 Å². The number of aryl methyl sites for hydroxylation is 2. The summed E-state index contributed by atoms with van der Waals surface area (Å²) in [5.74, 6) is 1.91. The van der Waals surface area contributed by atoms with Crippen LogP contribution in [0.3, 0.4) is 0 Å². The van der Waals surface area contributed by atoms with Gasteiger partial charge in [-0.05, 0) is 26.0 Å². The Bertz CT molecular complexity index is 445. The van der Waals surface area contributed by atoms with Gasteiger partial charge in [-0.1, -0.05) is 0 Å². The molecule has 0 spiro atoms. The monoisotopic (exact) mass is 208 g/mol. The molecule has 74 valence electrons. The number of hydrogen-bond acceptors (Lipinski definition) is 4. The van der Waals surface area contributed by atoms with Crippen molar-refractivity contribution in [3.05, 3.63) is 34.2 Å². The molecule has 14 heavy (non-hydrogen) atoms. The normalized spacial score (nSPS) is 10.7. The van der Waals surface area contributed by atoms with Crippen molar-refractivity contribution < 1.29 is 4.42 Å². The van der Waals surface area contributed by atoms with Gasteiger partial charge in [-0.3, -0.25) is 0 Å². The maximum absolute atomic E-state index is 5.62. The topological polar surface area (TPSA) is 52.0 Å². The second kappa shape index (κ2) is 3.46.